The van der Waals surface area contributed by atoms with E-state index >= 15 is 0 Å². The summed E-state index contributed by atoms with van der Waals surface area (Å²) in [6.45, 7) is 4.55. The molecule has 2 aromatic heterocycles. The summed E-state index contributed by atoms with van der Waals surface area (Å²) in [5, 5.41) is 4.37. The van der Waals surface area contributed by atoms with Gasteiger partial charge in [-0.15, -0.1) is 5.10 Å². The number of rotatable bonds is 2. The Labute approximate surface area is 139 Å². The summed E-state index contributed by atoms with van der Waals surface area (Å²) in [6.07, 6.45) is 0.783. The van der Waals surface area contributed by atoms with Crippen LogP contribution in [0.3, 0.4) is 0 Å². The summed E-state index contributed by atoms with van der Waals surface area (Å²) in [5.74, 6) is 0.351. The SMILES string of the molecule is COc1ccc2nc(C)c(C(=O)N3CCOCC34CCOC4)n2n1. The number of carbonyl (C=O) groups excluding carboxylic acids is 1. The molecular formula is C16H20N4O4. The van der Waals surface area contributed by atoms with E-state index in [1.54, 1.807) is 23.8 Å². The van der Waals surface area contributed by atoms with Crippen LogP contribution in [-0.2, 0) is 9.47 Å². The first-order valence-corrected chi connectivity index (χ1v) is 8.02. The monoisotopic (exact) mass is 332 g/mol. The first-order chi connectivity index (χ1) is 11.6. The van der Waals surface area contributed by atoms with Gasteiger partial charge in [-0.2, -0.15) is 0 Å². The van der Waals surface area contributed by atoms with Crippen LogP contribution in [0.15, 0.2) is 12.1 Å². The number of methoxy groups -OCH3 is 1. The minimum absolute atomic E-state index is 0.0884. The van der Waals surface area contributed by atoms with Gasteiger partial charge in [0.25, 0.3) is 5.91 Å². The van der Waals surface area contributed by atoms with Gasteiger partial charge in [0.1, 0.15) is 0 Å². The number of hydrogen-bond acceptors (Lipinski definition) is 6. The molecule has 1 unspecified atom stereocenters. The highest BCUT2D eigenvalue weighted by Gasteiger charge is 2.46. The number of ether oxygens (including phenoxy) is 3. The lowest BCUT2D eigenvalue weighted by molar-refractivity contribution is -0.0554. The Kier molecular flexibility index (Phi) is 3.65. The predicted octanol–water partition coefficient (Wildman–Crippen LogP) is 0.678. The van der Waals surface area contributed by atoms with Crippen molar-refractivity contribution in [1.82, 2.24) is 19.5 Å². The molecule has 2 fully saturated rings. The van der Waals surface area contributed by atoms with Crippen molar-refractivity contribution in [3.63, 3.8) is 0 Å². The Morgan fingerprint density at radius 1 is 1.29 bits per heavy atom. The molecule has 0 aliphatic carbocycles. The maximum atomic E-state index is 13.3. The third-order valence-electron chi connectivity index (χ3n) is 4.77. The highest BCUT2D eigenvalue weighted by Crippen LogP contribution is 2.31. The smallest absolute Gasteiger partial charge is 0.275 e. The molecule has 24 heavy (non-hydrogen) atoms. The van der Waals surface area contributed by atoms with Gasteiger partial charge in [-0.3, -0.25) is 4.79 Å². The number of aryl methyl sites for hydroxylation is 1. The van der Waals surface area contributed by atoms with Gasteiger partial charge < -0.3 is 19.1 Å². The van der Waals surface area contributed by atoms with E-state index in [2.05, 4.69) is 10.1 Å². The molecule has 0 bridgehead atoms. The number of fused-ring (bicyclic) bond motifs is 1. The fourth-order valence-corrected chi connectivity index (χ4v) is 3.48. The van der Waals surface area contributed by atoms with Crippen LogP contribution in [0.1, 0.15) is 22.6 Å². The highest BCUT2D eigenvalue weighted by molar-refractivity contribution is 5.95. The zero-order valence-electron chi connectivity index (χ0n) is 13.8. The molecule has 1 amide bonds. The zero-order valence-corrected chi connectivity index (χ0v) is 13.8. The van der Waals surface area contributed by atoms with Crippen LogP contribution in [0, 0.1) is 6.92 Å². The van der Waals surface area contributed by atoms with E-state index in [1.807, 2.05) is 11.8 Å². The summed E-state index contributed by atoms with van der Waals surface area (Å²) in [7, 11) is 1.55. The minimum Gasteiger partial charge on any atom is -0.480 e. The van der Waals surface area contributed by atoms with E-state index in [-0.39, 0.29) is 11.4 Å². The van der Waals surface area contributed by atoms with Gasteiger partial charge in [0.15, 0.2) is 11.3 Å². The second-order valence-corrected chi connectivity index (χ2v) is 6.23. The lowest BCUT2D eigenvalue weighted by atomic mass is 9.95. The van der Waals surface area contributed by atoms with E-state index in [4.69, 9.17) is 14.2 Å². The molecule has 8 heteroatoms. The predicted molar refractivity (Wildman–Crippen MR) is 84.3 cm³/mol. The summed E-state index contributed by atoms with van der Waals surface area (Å²) in [4.78, 5) is 19.7. The van der Waals surface area contributed by atoms with Crippen molar-refractivity contribution >= 4 is 11.6 Å². The molecule has 4 rings (SSSR count). The molecule has 2 aliphatic rings. The Hall–Kier alpha value is -2.19. The number of aromatic nitrogens is 3. The Morgan fingerprint density at radius 2 is 2.08 bits per heavy atom. The van der Waals surface area contributed by atoms with Gasteiger partial charge in [0, 0.05) is 19.2 Å². The minimum atomic E-state index is -0.384. The molecule has 0 aromatic carbocycles. The maximum Gasteiger partial charge on any atom is 0.275 e. The molecule has 0 saturated carbocycles. The quantitative estimate of drug-likeness (QED) is 0.805. The first kappa shape index (κ1) is 15.3. The van der Waals surface area contributed by atoms with Crippen LogP contribution in [0.4, 0.5) is 0 Å². The van der Waals surface area contributed by atoms with Crippen molar-refractivity contribution in [3.8, 4) is 5.88 Å². The highest BCUT2D eigenvalue weighted by atomic mass is 16.5. The van der Waals surface area contributed by atoms with Gasteiger partial charge in [-0.25, -0.2) is 9.50 Å². The molecule has 2 aromatic rings. The van der Waals surface area contributed by atoms with Gasteiger partial charge in [-0.1, -0.05) is 0 Å². The molecular weight excluding hydrogens is 312 g/mol. The Morgan fingerprint density at radius 3 is 2.83 bits per heavy atom. The zero-order chi connectivity index (χ0) is 16.7. The van der Waals surface area contributed by atoms with Crippen LogP contribution >= 0.6 is 0 Å². The molecule has 128 valence electrons. The molecule has 4 heterocycles. The van der Waals surface area contributed by atoms with Crippen LogP contribution in [0.25, 0.3) is 5.65 Å². The van der Waals surface area contributed by atoms with Gasteiger partial charge in [0.05, 0.1) is 38.2 Å². The van der Waals surface area contributed by atoms with Crippen molar-refractivity contribution in [2.45, 2.75) is 18.9 Å². The standard InChI is InChI=1S/C16H20N4O4/c1-11-14(20-12(17-11)3-4-13(18-20)22-2)15(21)19-6-8-24-10-16(19)5-7-23-9-16/h3-4H,5-10H2,1-2H3. The fraction of sp³-hybridized carbons (Fsp3) is 0.562. The number of morpholine rings is 1. The van der Waals surface area contributed by atoms with Gasteiger partial charge in [-0.05, 0) is 19.4 Å². The molecule has 0 radical (unpaired) electrons. The van der Waals surface area contributed by atoms with E-state index < -0.39 is 0 Å². The summed E-state index contributed by atoms with van der Waals surface area (Å²) < 4.78 is 17.9. The number of hydrogen-bond donors (Lipinski definition) is 0. The molecule has 1 spiro atoms. The number of amides is 1. The largest absolute Gasteiger partial charge is 0.480 e. The fourth-order valence-electron chi connectivity index (χ4n) is 3.48. The normalized spacial score (nSPS) is 24.0. The van der Waals surface area contributed by atoms with Crippen LogP contribution in [-0.4, -0.2) is 71.0 Å². The lowest BCUT2D eigenvalue weighted by Crippen LogP contribution is -2.59. The number of imidazole rings is 1. The molecule has 0 N–H and O–H groups in total. The van der Waals surface area contributed by atoms with Crippen LogP contribution in [0.2, 0.25) is 0 Å². The summed E-state index contributed by atoms with van der Waals surface area (Å²) in [6, 6.07) is 3.53. The second-order valence-electron chi connectivity index (χ2n) is 6.23. The molecule has 1 atom stereocenters. The van der Waals surface area contributed by atoms with Gasteiger partial charge >= 0.3 is 0 Å². The number of carbonyl (C=O) groups is 1. The van der Waals surface area contributed by atoms with Crippen molar-refractivity contribution in [2.75, 3.05) is 40.1 Å². The maximum absolute atomic E-state index is 13.3. The Bertz CT molecular complexity index is 782. The molecule has 2 saturated heterocycles. The van der Waals surface area contributed by atoms with Crippen molar-refractivity contribution in [1.29, 1.82) is 0 Å². The Balaban J connectivity index is 1.78. The first-order valence-electron chi connectivity index (χ1n) is 8.02. The topological polar surface area (TPSA) is 78.2 Å². The lowest BCUT2D eigenvalue weighted by Gasteiger charge is -2.43. The third-order valence-corrected chi connectivity index (χ3v) is 4.77. The summed E-state index contributed by atoms with van der Waals surface area (Å²) in [5.41, 5.74) is 1.37. The molecule has 2 aliphatic heterocycles. The summed E-state index contributed by atoms with van der Waals surface area (Å²) >= 11 is 0. The van der Waals surface area contributed by atoms with Gasteiger partial charge in [0.2, 0.25) is 5.88 Å². The second kappa shape index (κ2) is 5.71. The van der Waals surface area contributed by atoms with E-state index in [0.717, 1.165) is 6.42 Å². The van der Waals surface area contributed by atoms with E-state index in [0.29, 0.717) is 55.9 Å². The average Bonchev–Trinajstić information content (AvgIpc) is 3.18. The molecule has 8 nitrogen and oxygen atoms in total. The van der Waals surface area contributed by atoms with Crippen LogP contribution in [0.5, 0.6) is 5.88 Å². The van der Waals surface area contributed by atoms with Crippen molar-refractivity contribution in [3.05, 3.63) is 23.5 Å². The van der Waals surface area contributed by atoms with Crippen molar-refractivity contribution < 1.29 is 19.0 Å². The van der Waals surface area contributed by atoms with E-state index in [1.165, 1.54) is 0 Å². The van der Waals surface area contributed by atoms with Crippen LogP contribution < -0.4 is 4.74 Å². The average molecular weight is 332 g/mol. The van der Waals surface area contributed by atoms with E-state index in [9.17, 15) is 4.79 Å². The number of nitrogens with zero attached hydrogens (tertiary/aromatic N) is 4. The van der Waals surface area contributed by atoms with Crippen molar-refractivity contribution in [2.24, 2.45) is 0 Å². The third kappa shape index (κ3) is 2.25.